The molecule has 0 N–H and O–H groups in total. The maximum Gasteiger partial charge on any atom is 0.201 e. The van der Waals surface area contributed by atoms with Gasteiger partial charge in [0.25, 0.3) is 0 Å². The number of halogens is 4. The van der Waals surface area contributed by atoms with E-state index in [0.29, 0.717) is 35.6 Å². The van der Waals surface area contributed by atoms with Crippen molar-refractivity contribution < 1.29 is 22.3 Å². The molecule has 1 unspecified atom stereocenters. The van der Waals surface area contributed by atoms with Crippen LogP contribution in [0.25, 0.3) is 27.8 Å². The Kier molecular flexibility index (Phi) is 8.29. The minimum Gasteiger partial charge on any atom is -0.490 e. The Morgan fingerprint density at radius 1 is 0.833 bits per heavy atom. The summed E-state index contributed by atoms with van der Waals surface area (Å²) < 4.78 is 64.4. The average molecular weight is 495 g/mol. The standard InChI is InChI=1S/C31H30F4O/c1-3-5-6-20-7-9-21(10-8-20)24-15-16-25(29(33)28(24)32)22-11-13-23(14-12-22)26-17-18-27(36-19-4-2)31(35)30(26)34/h3,9,11-18,20H,1,4-8,10,19H2,2H3. The Morgan fingerprint density at radius 2 is 1.42 bits per heavy atom. The lowest BCUT2D eigenvalue weighted by atomic mass is 9.83. The number of allylic oxidation sites excluding steroid dienone is 3. The molecule has 36 heavy (non-hydrogen) atoms. The van der Waals surface area contributed by atoms with Crippen LogP contribution >= 0.6 is 0 Å². The summed E-state index contributed by atoms with van der Waals surface area (Å²) in [5.74, 6) is -3.40. The van der Waals surface area contributed by atoms with E-state index >= 15 is 8.78 Å². The van der Waals surface area contributed by atoms with Crippen LogP contribution in [0.4, 0.5) is 17.6 Å². The molecule has 3 aromatic carbocycles. The van der Waals surface area contributed by atoms with Gasteiger partial charge in [-0.25, -0.2) is 13.2 Å². The van der Waals surface area contributed by atoms with Crippen molar-refractivity contribution in [2.24, 2.45) is 5.92 Å². The van der Waals surface area contributed by atoms with E-state index in [0.717, 1.165) is 37.7 Å². The zero-order chi connectivity index (χ0) is 25.7. The van der Waals surface area contributed by atoms with E-state index in [1.54, 1.807) is 36.4 Å². The van der Waals surface area contributed by atoms with E-state index in [1.165, 1.54) is 12.1 Å². The molecule has 0 bridgehead atoms. The lowest BCUT2D eigenvalue weighted by Crippen LogP contribution is -2.07. The van der Waals surface area contributed by atoms with E-state index < -0.39 is 23.3 Å². The van der Waals surface area contributed by atoms with Crippen LogP contribution < -0.4 is 4.74 Å². The van der Waals surface area contributed by atoms with Crippen LogP contribution in [-0.2, 0) is 0 Å². The van der Waals surface area contributed by atoms with E-state index in [1.807, 2.05) is 19.1 Å². The molecule has 0 saturated carbocycles. The highest BCUT2D eigenvalue weighted by atomic mass is 19.2. The van der Waals surface area contributed by atoms with Crippen molar-refractivity contribution in [3.05, 3.63) is 96.1 Å². The first-order chi connectivity index (χ1) is 17.4. The van der Waals surface area contributed by atoms with E-state index in [9.17, 15) is 8.78 Å². The molecule has 1 atom stereocenters. The highest BCUT2D eigenvalue weighted by molar-refractivity contribution is 5.74. The number of hydrogen-bond donors (Lipinski definition) is 0. The molecule has 1 nitrogen and oxygen atoms in total. The smallest absolute Gasteiger partial charge is 0.201 e. The molecule has 5 heteroatoms. The van der Waals surface area contributed by atoms with Gasteiger partial charge in [0, 0.05) is 16.7 Å². The average Bonchev–Trinajstić information content (AvgIpc) is 2.90. The Balaban J connectivity index is 1.55. The summed E-state index contributed by atoms with van der Waals surface area (Å²) >= 11 is 0. The Morgan fingerprint density at radius 3 is 2.00 bits per heavy atom. The van der Waals surface area contributed by atoms with Gasteiger partial charge in [0.05, 0.1) is 6.61 Å². The Bertz CT molecular complexity index is 1260. The van der Waals surface area contributed by atoms with Gasteiger partial charge in [-0.2, -0.15) is 4.39 Å². The second kappa shape index (κ2) is 11.6. The molecular weight excluding hydrogens is 464 g/mol. The largest absolute Gasteiger partial charge is 0.490 e. The van der Waals surface area contributed by atoms with Crippen LogP contribution in [0.1, 0.15) is 51.0 Å². The number of hydrogen-bond acceptors (Lipinski definition) is 1. The van der Waals surface area contributed by atoms with Gasteiger partial charge in [-0.05, 0) is 73.3 Å². The lowest BCUT2D eigenvalue weighted by Gasteiger charge is -2.22. The van der Waals surface area contributed by atoms with Gasteiger partial charge in [0.1, 0.15) is 0 Å². The van der Waals surface area contributed by atoms with Gasteiger partial charge >= 0.3 is 0 Å². The number of ether oxygens (including phenoxy) is 1. The lowest BCUT2D eigenvalue weighted by molar-refractivity contribution is 0.295. The monoisotopic (exact) mass is 494 g/mol. The summed E-state index contributed by atoms with van der Waals surface area (Å²) in [6.07, 6.45) is 9.16. The predicted octanol–water partition coefficient (Wildman–Crippen LogP) is 9.52. The van der Waals surface area contributed by atoms with Crippen LogP contribution in [0.5, 0.6) is 5.75 Å². The molecule has 1 aliphatic carbocycles. The fraction of sp³-hybridized carbons (Fsp3) is 0.290. The third kappa shape index (κ3) is 5.40. The molecule has 188 valence electrons. The van der Waals surface area contributed by atoms with E-state index in [4.69, 9.17) is 4.74 Å². The fourth-order valence-corrected chi connectivity index (χ4v) is 4.68. The number of rotatable bonds is 9. The number of benzene rings is 3. The van der Waals surface area contributed by atoms with Crippen molar-refractivity contribution in [2.45, 2.75) is 45.4 Å². The molecule has 0 spiro atoms. The van der Waals surface area contributed by atoms with E-state index in [-0.39, 0.29) is 16.9 Å². The minimum absolute atomic E-state index is 0.0699. The molecule has 3 aromatic rings. The summed E-state index contributed by atoms with van der Waals surface area (Å²) in [4.78, 5) is 0. The van der Waals surface area contributed by atoms with Gasteiger partial charge in [-0.1, -0.05) is 55.5 Å². The quantitative estimate of drug-likeness (QED) is 0.213. The molecule has 0 aliphatic heterocycles. The molecule has 0 saturated heterocycles. The molecule has 0 fully saturated rings. The topological polar surface area (TPSA) is 9.23 Å². The minimum atomic E-state index is -1.04. The second-order valence-electron chi connectivity index (χ2n) is 9.19. The van der Waals surface area contributed by atoms with Crippen molar-refractivity contribution in [2.75, 3.05) is 6.61 Å². The van der Waals surface area contributed by atoms with Crippen LogP contribution in [0, 0.1) is 29.2 Å². The first-order valence-electron chi connectivity index (χ1n) is 12.4. The first-order valence-corrected chi connectivity index (χ1v) is 12.4. The summed E-state index contributed by atoms with van der Waals surface area (Å²) in [6.45, 7) is 5.92. The highest BCUT2D eigenvalue weighted by Gasteiger charge is 2.21. The molecule has 1 aliphatic rings. The van der Waals surface area contributed by atoms with Crippen molar-refractivity contribution in [1.82, 2.24) is 0 Å². The van der Waals surface area contributed by atoms with Crippen molar-refractivity contribution in [1.29, 1.82) is 0 Å². The summed E-state index contributed by atoms with van der Waals surface area (Å²) in [7, 11) is 0. The van der Waals surface area contributed by atoms with Crippen LogP contribution in [0.3, 0.4) is 0 Å². The molecule has 0 aromatic heterocycles. The SMILES string of the molecule is C=CCCC1CC=C(c2ccc(-c3ccc(-c4ccc(OCCC)c(F)c4F)cc3)c(F)c2F)CC1. The molecule has 0 amide bonds. The van der Waals surface area contributed by atoms with Gasteiger partial charge < -0.3 is 4.74 Å². The maximum atomic E-state index is 15.1. The molecule has 0 radical (unpaired) electrons. The zero-order valence-corrected chi connectivity index (χ0v) is 20.4. The fourth-order valence-electron chi connectivity index (χ4n) is 4.68. The van der Waals surface area contributed by atoms with Crippen molar-refractivity contribution in [3.8, 4) is 28.0 Å². The zero-order valence-electron chi connectivity index (χ0n) is 20.4. The summed E-state index contributed by atoms with van der Waals surface area (Å²) in [5.41, 5.74) is 2.21. The second-order valence-corrected chi connectivity index (χ2v) is 9.19. The highest BCUT2D eigenvalue weighted by Crippen LogP contribution is 2.37. The van der Waals surface area contributed by atoms with E-state index in [2.05, 4.69) is 6.58 Å². The third-order valence-electron chi connectivity index (χ3n) is 6.74. The van der Waals surface area contributed by atoms with Gasteiger partial charge in [0.2, 0.25) is 5.82 Å². The van der Waals surface area contributed by atoms with Crippen LogP contribution in [-0.4, -0.2) is 6.61 Å². The molecular formula is C31H30F4O. The predicted molar refractivity (Wildman–Crippen MR) is 138 cm³/mol. The normalized spacial score (nSPS) is 15.5. The maximum absolute atomic E-state index is 15.1. The Labute approximate surface area is 210 Å². The molecule has 4 rings (SSSR count). The summed E-state index contributed by atoms with van der Waals surface area (Å²) in [5, 5.41) is 0. The van der Waals surface area contributed by atoms with Gasteiger partial charge in [-0.3, -0.25) is 0 Å². The third-order valence-corrected chi connectivity index (χ3v) is 6.74. The Hall–Kier alpha value is -3.34. The van der Waals surface area contributed by atoms with Crippen LogP contribution in [0.15, 0.2) is 67.3 Å². The van der Waals surface area contributed by atoms with Crippen LogP contribution in [0.2, 0.25) is 0 Å². The van der Waals surface area contributed by atoms with Crippen molar-refractivity contribution in [3.63, 3.8) is 0 Å². The first kappa shape index (κ1) is 25.7. The van der Waals surface area contributed by atoms with Crippen molar-refractivity contribution >= 4 is 5.57 Å². The van der Waals surface area contributed by atoms with Gasteiger partial charge in [0.15, 0.2) is 23.2 Å². The van der Waals surface area contributed by atoms with Gasteiger partial charge in [-0.15, -0.1) is 6.58 Å². The molecule has 0 heterocycles. The summed E-state index contributed by atoms with van der Waals surface area (Å²) in [6, 6.07) is 12.3.